The van der Waals surface area contributed by atoms with Crippen LogP contribution in [0.15, 0.2) is 0 Å². The molecule has 0 aromatic rings. The lowest BCUT2D eigenvalue weighted by atomic mass is 9.68. The van der Waals surface area contributed by atoms with Gasteiger partial charge in [-0.2, -0.15) is 0 Å². The van der Waals surface area contributed by atoms with Gasteiger partial charge in [0.05, 0.1) is 19.8 Å². The molecule has 6 heteroatoms. The molecule has 0 unspecified atom stereocenters. The Hall–Kier alpha value is -0.650. The number of nitrogens with one attached hydrogen (secondary N) is 1. The SMILES string of the molecule is CC1(C)[C@@H]2CC[C@@]1(C(=O)NCCOCCOCCCCCCCl)C(=O)C2. The molecule has 5 nitrogen and oxygen atoms in total. The first-order valence-corrected chi connectivity index (χ1v) is 10.5. The molecule has 0 heterocycles. The van der Waals surface area contributed by atoms with E-state index in [0.717, 1.165) is 44.6 Å². The average molecular weight is 388 g/mol. The molecule has 2 fully saturated rings. The minimum absolute atomic E-state index is 0.107. The summed E-state index contributed by atoms with van der Waals surface area (Å²) in [4.78, 5) is 25.1. The van der Waals surface area contributed by atoms with Crippen LogP contribution in [0.4, 0.5) is 0 Å². The Morgan fingerprint density at radius 1 is 1.12 bits per heavy atom. The molecule has 26 heavy (non-hydrogen) atoms. The van der Waals surface area contributed by atoms with Crippen molar-refractivity contribution in [3.63, 3.8) is 0 Å². The largest absolute Gasteiger partial charge is 0.379 e. The number of ether oxygens (including phenoxy) is 2. The number of ketones is 1. The molecule has 0 aliphatic heterocycles. The van der Waals surface area contributed by atoms with Crippen molar-refractivity contribution in [3.8, 4) is 0 Å². The molecule has 2 bridgehead atoms. The van der Waals surface area contributed by atoms with E-state index in [1.54, 1.807) is 0 Å². The number of rotatable bonds is 13. The number of fused-ring (bicyclic) bond motifs is 2. The zero-order valence-electron chi connectivity index (χ0n) is 16.3. The molecule has 150 valence electrons. The van der Waals surface area contributed by atoms with Crippen LogP contribution in [0.5, 0.6) is 0 Å². The van der Waals surface area contributed by atoms with Crippen molar-refractivity contribution in [3.05, 3.63) is 0 Å². The molecule has 2 rings (SSSR count). The van der Waals surface area contributed by atoms with Gasteiger partial charge in [0.2, 0.25) is 5.91 Å². The van der Waals surface area contributed by atoms with Crippen molar-refractivity contribution in [1.82, 2.24) is 5.32 Å². The number of halogens is 1. The van der Waals surface area contributed by atoms with Crippen molar-refractivity contribution in [1.29, 1.82) is 0 Å². The van der Waals surface area contributed by atoms with Crippen LogP contribution in [0.3, 0.4) is 0 Å². The maximum Gasteiger partial charge on any atom is 0.234 e. The Kier molecular flexibility index (Phi) is 8.37. The molecule has 1 N–H and O–H groups in total. The normalized spacial score (nSPS) is 26.4. The molecule has 2 saturated carbocycles. The van der Waals surface area contributed by atoms with Crippen LogP contribution in [0.25, 0.3) is 0 Å². The van der Waals surface area contributed by atoms with Crippen molar-refractivity contribution in [2.24, 2.45) is 16.7 Å². The van der Waals surface area contributed by atoms with Crippen LogP contribution >= 0.6 is 11.6 Å². The lowest BCUT2D eigenvalue weighted by Gasteiger charge is -2.34. The van der Waals surface area contributed by atoms with E-state index in [4.69, 9.17) is 21.1 Å². The lowest BCUT2D eigenvalue weighted by Crippen LogP contribution is -2.50. The predicted molar refractivity (Wildman–Crippen MR) is 102 cm³/mol. The minimum atomic E-state index is -0.815. The van der Waals surface area contributed by atoms with Gasteiger partial charge in [-0.05, 0) is 37.0 Å². The fourth-order valence-electron chi connectivity index (χ4n) is 4.57. The first kappa shape index (κ1) is 21.6. The number of amides is 1. The third-order valence-electron chi connectivity index (χ3n) is 6.36. The highest BCUT2D eigenvalue weighted by atomic mass is 35.5. The first-order valence-electron chi connectivity index (χ1n) is 10.00. The van der Waals surface area contributed by atoms with E-state index in [1.807, 2.05) is 0 Å². The molecular formula is C20H34ClNO4. The van der Waals surface area contributed by atoms with E-state index >= 15 is 0 Å². The van der Waals surface area contributed by atoms with Crippen LogP contribution < -0.4 is 5.32 Å². The number of hydrogen-bond donors (Lipinski definition) is 1. The second-order valence-corrected chi connectivity index (χ2v) is 8.45. The summed E-state index contributed by atoms with van der Waals surface area (Å²) >= 11 is 5.63. The van der Waals surface area contributed by atoms with Gasteiger partial charge in [0.25, 0.3) is 0 Å². The van der Waals surface area contributed by atoms with E-state index in [2.05, 4.69) is 19.2 Å². The molecule has 2 aliphatic carbocycles. The smallest absolute Gasteiger partial charge is 0.234 e. The summed E-state index contributed by atoms with van der Waals surface area (Å²) in [7, 11) is 0. The Balaban J connectivity index is 1.53. The predicted octanol–water partition coefficient (Wildman–Crippen LogP) is 3.33. The lowest BCUT2D eigenvalue weighted by molar-refractivity contribution is -0.145. The fraction of sp³-hybridized carbons (Fsp3) is 0.900. The van der Waals surface area contributed by atoms with Gasteiger partial charge in [-0.25, -0.2) is 0 Å². The van der Waals surface area contributed by atoms with Gasteiger partial charge in [0.1, 0.15) is 11.2 Å². The van der Waals surface area contributed by atoms with E-state index < -0.39 is 5.41 Å². The Morgan fingerprint density at radius 2 is 1.81 bits per heavy atom. The number of hydrogen-bond acceptors (Lipinski definition) is 4. The fourth-order valence-corrected chi connectivity index (χ4v) is 4.76. The third-order valence-corrected chi connectivity index (χ3v) is 6.63. The summed E-state index contributed by atoms with van der Waals surface area (Å²) in [6.07, 6.45) is 6.66. The van der Waals surface area contributed by atoms with Crippen LogP contribution in [0.1, 0.15) is 58.8 Å². The highest BCUT2D eigenvalue weighted by Gasteiger charge is 2.67. The van der Waals surface area contributed by atoms with Crippen molar-refractivity contribution >= 4 is 23.3 Å². The minimum Gasteiger partial charge on any atom is -0.379 e. The zero-order chi connectivity index (χ0) is 19.0. The Bertz CT molecular complexity index is 482. The monoisotopic (exact) mass is 387 g/mol. The van der Waals surface area contributed by atoms with Crippen molar-refractivity contribution in [2.45, 2.75) is 58.8 Å². The standard InChI is InChI=1S/C20H34ClNO4/c1-19(2)16-7-8-20(19,17(23)15-16)18(24)22-10-12-26-14-13-25-11-6-4-3-5-9-21/h16H,3-15H2,1-2H3,(H,22,24)/t16-,20+/m1/s1. The van der Waals surface area contributed by atoms with E-state index in [0.29, 0.717) is 45.1 Å². The van der Waals surface area contributed by atoms with Crippen LogP contribution in [0.2, 0.25) is 0 Å². The van der Waals surface area contributed by atoms with Crippen molar-refractivity contribution < 1.29 is 19.1 Å². The molecule has 0 saturated heterocycles. The van der Waals surface area contributed by atoms with E-state index in [9.17, 15) is 9.59 Å². The summed E-state index contributed by atoms with van der Waals surface area (Å²) in [6.45, 7) is 6.86. The quantitative estimate of drug-likeness (QED) is 0.299. The van der Waals surface area contributed by atoms with Crippen molar-refractivity contribution in [2.75, 3.05) is 38.9 Å². The Morgan fingerprint density at radius 3 is 2.42 bits per heavy atom. The number of unbranched alkanes of at least 4 members (excludes halogenated alkanes) is 3. The van der Waals surface area contributed by atoms with E-state index in [-0.39, 0.29) is 17.1 Å². The first-order chi connectivity index (χ1) is 12.5. The molecule has 2 atom stereocenters. The molecular weight excluding hydrogens is 354 g/mol. The topological polar surface area (TPSA) is 64.6 Å². The maximum absolute atomic E-state index is 12.7. The van der Waals surface area contributed by atoms with Gasteiger partial charge >= 0.3 is 0 Å². The zero-order valence-corrected chi connectivity index (χ0v) is 17.0. The molecule has 0 aromatic heterocycles. The average Bonchev–Trinajstić information content (AvgIpc) is 2.98. The van der Waals surface area contributed by atoms with E-state index in [1.165, 1.54) is 0 Å². The number of alkyl halides is 1. The summed E-state index contributed by atoms with van der Waals surface area (Å²) in [5.74, 6) is 1.10. The van der Waals surface area contributed by atoms with Gasteiger partial charge in [-0.3, -0.25) is 9.59 Å². The van der Waals surface area contributed by atoms with Gasteiger partial charge in [-0.15, -0.1) is 11.6 Å². The molecule has 0 spiro atoms. The highest BCUT2D eigenvalue weighted by molar-refractivity contribution is 6.17. The van der Waals surface area contributed by atoms with Gasteiger partial charge in [0, 0.05) is 25.5 Å². The van der Waals surface area contributed by atoms with Crippen LogP contribution in [-0.2, 0) is 19.1 Å². The molecule has 1 amide bonds. The Labute approximate surface area is 162 Å². The third kappa shape index (κ3) is 4.60. The highest BCUT2D eigenvalue weighted by Crippen LogP contribution is 2.63. The number of Topliss-reactive ketones (excluding diaryl/α,β-unsaturated/α-hetero) is 1. The second kappa shape index (κ2) is 10.0. The summed E-state index contributed by atoms with van der Waals surface area (Å²) in [5, 5.41) is 2.92. The molecule has 2 aliphatic rings. The van der Waals surface area contributed by atoms with Gasteiger partial charge < -0.3 is 14.8 Å². The number of carbonyl (C=O) groups is 2. The van der Waals surface area contributed by atoms with Gasteiger partial charge in [0.15, 0.2) is 0 Å². The number of carbonyl (C=O) groups excluding carboxylic acids is 2. The maximum atomic E-state index is 12.7. The second-order valence-electron chi connectivity index (χ2n) is 8.07. The summed E-state index contributed by atoms with van der Waals surface area (Å²) in [5.41, 5.74) is -1.04. The molecule has 0 aromatic carbocycles. The van der Waals surface area contributed by atoms with Crippen LogP contribution in [-0.4, -0.2) is 50.5 Å². The summed E-state index contributed by atoms with van der Waals surface area (Å²) in [6, 6.07) is 0. The van der Waals surface area contributed by atoms with Gasteiger partial charge in [-0.1, -0.05) is 26.7 Å². The summed E-state index contributed by atoms with van der Waals surface area (Å²) < 4.78 is 11.0. The van der Waals surface area contributed by atoms with Crippen LogP contribution in [0, 0.1) is 16.7 Å². The molecule has 0 radical (unpaired) electrons.